The van der Waals surface area contributed by atoms with Crippen LogP contribution in [0.2, 0.25) is 0 Å². The molecule has 14 heteroatoms. The molecule has 14 nitrogen and oxygen atoms in total. The van der Waals surface area contributed by atoms with E-state index in [2.05, 4.69) is 37.2 Å². The number of rotatable bonds is 25. The number of unbranched alkanes of at least 4 members (excludes halogenated alkanes) is 2. The number of carboxylic acids is 1. The Kier molecular flexibility index (Phi) is 19.5. The lowest BCUT2D eigenvalue weighted by molar-refractivity contribution is -0.138. The van der Waals surface area contributed by atoms with Crippen LogP contribution in [-0.4, -0.2) is 109 Å². The monoisotopic (exact) mass is 693 g/mol. The second kappa shape index (κ2) is 23.6. The van der Waals surface area contributed by atoms with Crippen LogP contribution in [-0.2, 0) is 24.0 Å². The first kappa shape index (κ1) is 40.6. The van der Waals surface area contributed by atoms with E-state index in [0.29, 0.717) is 37.3 Å². The second-order valence-electron chi connectivity index (χ2n) is 14.2. The molecule has 0 aromatic rings. The summed E-state index contributed by atoms with van der Waals surface area (Å²) in [5, 5.41) is 39.0. The highest BCUT2D eigenvalue weighted by Crippen LogP contribution is 2.25. The van der Waals surface area contributed by atoms with Crippen LogP contribution in [0.15, 0.2) is 0 Å². The molecule has 4 amide bonds. The second-order valence-corrected chi connectivity index (χ2v) is 14.2. The maximum Gasteiger partial charge on any atom is 0.322 e. The molecule has 0 saturated heterocycles. The number of carbonyl (C=O) groups is 5. The van der Waals surface area contributed by atoms with E-state index in [-0.39, 0.29) is 5.91 Å². The highest BCUT2D eigenvalue weighted by Gasteiger charge is 2.28. The third kappa shape index (κ3) is 16.6. The molecule has 3 aliphatic carbocycles. The van der Waals surface area contributed by atoms with Gasteiger partial charge in [-0.2, -0.15) is 0 Å². The van der Waals surface area contributed by atoms with Crippen molar-refractivity contribution in [2.75, 3.05) is 39.3 Å². The predicted molar refractivity (Wildman–Crippen MR) is 187 cm³/mol. The van der Waals surface area contributed by atoms with Crippen molar-refractivity contribution in [2.24, 2.45) is 5.92 Å². The van der Waals surface area contributed by atoms with Gasteiger partial charge < -0.3 is 47.4 Å². The van der Waals surface area contributed by atoms with Crippen LogP contribution in [0, 0.1) is 5.92 Å². The summed E-state index contributed by atoms with van der Waals surface area (Å²) < 4.78 is 0. The number of carbonyl (C=O) groups excluding carboxylic acids is 4. The zero-order valence-electron chi connectivity index (χ0n) is 29.4. The van der Waals surface area contributed by atoms with Gasteiger partial charge in [-0.25, -0.2) is 0 Å². The van der Waals surface area contributed by atoms with E-state index in [1.54, 1.807) is 0 Å². The molecule has 9 N–H and O–H groups in total. The van der Waals surface area contributed by atoms with E-state index in [9.17, 15) is 29.1 Å². The van der Waals surface area contributed by atoms with Crippen molar-refractivity contribution in [1.82, 2.24) is 37.2 Å². The van der Waals surface area contributed by atoms with Gasteiger partial charge in [-0.05, 0) is 96.2 Å². The molecule has 49 heavy (non-hydrogen) atoms. The first-order valence-corrected chi connectivity index (χ1v) is 18.9. The standard InChI is InChI=1S/C35H63N7O7/c43-24-30(34(48)40-23-32(45)46)41-31(44)22-39-33(47)29(18-7-9-20-37-27-15-4-5-16-27)42-35(49)28(38-21-25-11-10-12-25)17-6-8-19-36-26-13-2-1-3-14-26/h25-30,36-38,43H,1-24H2,(H,39,47)(H,40,48)(H,41,44)(H,42,49)(H,45,46). The maximum atomic E-state index is 13.7. The van der Waals surface area contributed by atoms with Crippen molar-refractivity contribution in [3.8, 4) is 0 Å². The average molecular weight is 694 g/mol. The first-order chi connectivity index (χ1) is 23.7. The van der Waals surface area contributed by atoms with Crippen LogP contribution in [0.5, 0.6) is 0 Å². The number of hydrogen-bond acceptors (Lipinski definition) is 9. The van der Waals surface area contributed by atoms with Crippen LogP contribution in [0.1, 0.15) is 116 Å². The molecule has 0 heterocycles. The summed E-state index contributed by atoms with van der Waals surface area (Å²) in [5.41, 5.74) is 0. The number of hydrogen-bond donors (Lipinski definition) is 9. The van der Waals surface area contributed by atoms with Crippen molar-refractivity contribution in [3.05, 3.63) is 0 Å². The number of carboxylic acid groups (broad SMARTS) is 1. The number of aliphatic hydroxyl groups is 1. The zero-order chi connectivity index (χ0) is 35.3. The van der Waals surface area contributed by atoms with Gasteiger partial charge in [0.25, 0.3) is 0 Å². The Balaban J connectivity index is 1.53. The third-order valence-electron chi connectivity index (χ3n) is 10.2. The largest absolute Gasteiger partial charge is 0.480 e. The first-order valence-electron chi connectivity index (χ1n) is 18.9. The molecular formula is C35H63N7O7. The van der Waals surface area contributed by atoms with E-state index in [1.165, 1.54) is 64.2 Å². The number of amides is 4. The third-order valence-corrected chi connectivity index (χ3v) is 10.2. The van der Waals surface area contributed by atoms with Gasteiger partial charge in [-0.3, -0.25) is 24.0 Å². The number of aliphatic hydroxyl groups excluding tert-OH is 1. The summed E-state index contributed by atoms with van der Waals surface area (Å²) >= 11 is 0. The zero-order valence-corrected chi connectivity index (χ0v) is 29.4. The molecule has 3 aliphatic rings. The molecule has 0 spiro atoms. The van der Waals surface area contributed by atoms with Gasteiger partial charge in [0, 0.05) is 12.1 Å². The summed E-state index contributed by atoms with van der Waals surface area (Å²) in [6.07, 6.45) is 19.3. The Morgan fingerprint density at radius 2 is 1.14 bits per heavy atom. The lowest BCUT2D eigenvalue weighted by Gasteiger charge is -2.29. The van der Waals surface area contributed by atoms with Crippen LogP contribution < -0.4 is 37.2 Å². The highest BCUT2D eigenvalue weighted by atomic mass is 16.4. The van der Waals surface area contributed by atoms with Crippen molar-refractivity contribution in [2.45, 2.75) is 146 Å². The minimum atomic E-state index is -1.37. The summed E-state index contributed by atoms with van der Waals surface area (Å²) in [6, 6.07) is -1.49. The molecular weight excluding hydrogens is 630 g/mol. The SMILES string of the molecule is O=C(O)CNC(=O)C(CO)NC(=O)CNC(=O)C(CCCCNC1CCCC1)NC(=O)C(CCCCNC1CCCCC1)NCC1CCC1. The molecule has 3 rings (SSSR count). The number of nitrogens with one attached hydrogen (secondary N) is 7. The molecule has 0 aromatic heterocycles. The molecule has 3 fully saturated rings. The lowest BCUT2D eigenvalue weighted by atomic mass is 9.85. The van der Waals surface area contributed by atoms with E-state index < -0.39 is 61.5 Å². The van der Waals surface area contributed by atoms with Crippen molar-refractivity contribution in [3.63, 3.8) is 0 Å². The molecule has 0 aromatic carbocycles. The fourth-order valence-electron chi connectivity index (χ4n) is 6.88. The Morgan fingerprint density at radius 1 is 0.592 bits per heavy atom. The van der Waals surface area contributed by atoms with Crippen LogP contribution in [0.3, 0.4) is 0 Å². The van der Waals surface area contributed by atoms with Crippen LogP contribution in [0.25, 0.3) is 0 Å². The Morgan fingerprint density at radius 3 is 1.69 bits per heavy atom. The van der Waals surface area contributed by atoms with E-state index in [0.717, 1.165) is 51.7 Å². The minimum Gasteiger partial charge on any atom is -0.480 e. The van der Waals surface area contributed by atoms with E-state index in [4.69, 9.17) is 5.11 Å². The summed E-state index contributed by atoms with van der Waals surface area (Å²) in [5.74, 6) is -3.00. The van der Waals surface area contributed by atoms with Crippen LogP contribution >= 0.6 is 0 Å². The van der Waals surface area contributed by atoms with Gasteiger partial charge >= 0.3 is 5.97 Å². The molecule has 0 bridgehead atoms. The number of aliphatic carboxylic acids is 1. The fourth-order valence-corrected chi connectivity index (χ4v) is 6.88. The molecule has 0 radical (unpaired) electrons. The average Bonchev–Trinajstić information content (AvgIpc) is 3.60. The fraction of sp³-hybridized carbons (Fsp3) is 0.857. The molecule has 3 unspecified atom stereocenters. The summed E-state index contributed by atoms with van der Waals surface area (Å²) in [4.78, 5) is 62.4. The Bertz CT molecular complexity index is 1020. The van der Waals surface area contributed by atoms with E-state index in [1.807, 2.05) is 0 Å². The summed E-state index contributed by atoms with van der Waals surface area (Å²) in [7, 11) is 0. The topological polar surface area (TPSA) is 210 Å². The van der Waals surface area contributed by atoms with Crippen LogP contribution in [0.4, 0.5) is 0 Å². The summed E-state index contributed by atoms with van der Waals surface area (Å²) in [6.45, 7) is 0.658. The minimum absolute atomic E-state index is 0.219. The highest BCUT2D eigenvalue weighted by molar-refractivity contribution is 5.93. The Hall–Kier alpha value is -2.81. The lowest BCUT2D eigenvalue weighted by Crippen LogP contribution is -2.55. The Labute approximate surface area is 291 Å². The molecule has 0 aliphatic heterocycles. The van der Waals surface area contributed by atoms with Crippen molar-refractivity contribution < 1.29 is 34.2 Å². The van der Waals surface area contributed by atoms with Gasteiger partial charge in [0.1, 0.15) is 18.6 Å². The van der Waals surface area contributed by atoms with Crippen molar-refractivity contribution >= 4 is 29.6 Å². The van der Waals surface area contributed by atoms with Gasteiger partial charge in [0.05, 0.1) is 19.2 Å². The quantitative estimate of drug-likeness (QED) is 0.0615. The maximum absolute atomic E-state index is 13.7. The van der Waals surface area contributed by atoms with Gasteiger partial charge in [0.2, 0.25) is 23.6 Å². The van der Waals surface area contributed by atoms with Gasteiger partial charge in [0.15, 0.2) is 0 Å². The van der Waals surface area contributed by atoms with Gasteiger partial charge in [-0.1, -0.05) is 44.9 Å². The van der Waals surface area contributed by atoms with Gasteiger partial charge in [-0.15, -0.1) is 0 Å². The molecule has 280 valence electrons. The predicted octanol–water partition coefficient (Wildman–Crippen LogP) is 0.819. The van der Waals surface area contributed by atoms with Crippen molar-refractivity contribution in [1.29, 1.82) is 0 Å². The normalized spacial score (nSPS) is 19.0. The van der Waals surface area contributed by atoms with E-state index >= 15 is 0 Å². The molecule has 3 saturated carbocycles. The molecule has 3 atom stereocenters. The smallest absolute Gasteiger partial charge is 0.322 e.